The minimum Gasteiger partial charge on any atom is -0.475 e. The summed E-state index contributed by atoms with van der Waals surface area (Å²) in [5, 5.41) is 11.3. The number of halogens is 3. The van der Waals surface area contributed by atoms with E-state index in [0.29, 0.717) is 5.76 Å². The van der Waals surface area contributed by atoms with Crippen LogP contribution in [0.1, 0.15) is 29.2 Å². The maximum atomic E-state index is 11.8. The first kappa shape index (κ1) is 13.6. The second-order valence-corrected chi connectivity index (χ2v) is 3.47. The maximum Gasteiger partial charge on any atom is 0.389 e. The van der Waals surface area contributed by atoms with Gasteiger partial charge in [-0.25, -0.2) is 4.79 Å². The standard InChI is InChI=1S/C10H12F3NO3/c11-10(12,13)4-1-5-14-6-7-2-3-8(17-7)9(15)16/h2-3,14H,1,4-6H2,(H,15,16). The summed E-state index contributed by atoms with van der Waals surface area (Å²) in [5.74, 6) is -0.972. The van der Waals surface area contributed by atoms with E-state index in [9.17, 15) is 18.0 Å². The molecule has 0 aliphatic rings. The van der Waals surface area contributed by atoms with Crippen molar-refractivity contribution in [3.63, 3.8) is 0 Å². The van der Waals surface area contributed by atoms with Gasteiger partial charge in [-0.05, 0) is 25.1 Å². The van der Waals surface area contributed by atoms with Crippen LogP contribution in [0, 0.1) is 0 Å². The summed E-state index contributed by atoms with van der Waals surface area (Å²) < 4.78 is 40.3. The Labute approximate surface area is 95.4 Å². The van der Waals surface area contributed by atoms with E-state index < -0.39 is 18.6 Å². The van der Waals surface area contributed by atoms with Gasteiger partial charge in [0.25, 0.3) is 0 Å². The zero-order valence-corrected chi connectivity index (χ0v) is 8.88. The van der Waals surface area contributed by atoms with Gasteiger partial charge < -0.3 is 14.8 Å². The average Bonchev–Trinajstić information content (AvgIpc) is 2.64. The molecule has 1 aromatic rings. The highest BCUT2D eigenvalue weighted by molar-refractivity contribution is 5.84. The number of furan rings is 1. The van der Waals surface area contributed by atoms with E-state index in [1.165, 1.54) is 12.1 Å². The van der Waals surface area contributed by atoms with E-state index in [0.717, 1.165) is 0 Å². The van der Waals surface area contributed by atoms with E-state index in [2.05, 4.69) is 5.32 Å². The van der Waals surface area contributed by atoms with Crippen molar-refractivity contribution in [2.45, 2.75) is 25.6 Å². The quantitative estimate of drug-likeness (QED) is 0.762. The lowest BCUT2D eigenvalue weighted by Crippen LogP contribution is -2.17. The van der Waals surface area contributed by atoms with Crippen molar-refractivity contribution in [2.75, 3.05) is 6.54 Å². The number of carboxylic acid groups (broad SMARTS) is 1. The third kappa shape index (κ3) is 5.39. The number of nitrogens with one attached hydrogen (secondary N) is 1. The first-order valence-corrected chi connectivity index (χ1v) is 4.98. The summed E-state index contributed by atoms with van der Waals surface area (Å²) in [4.78, 5) is 10.5. The Bertz CT molecular complexity index is 373. The number of hydrogen-bond acceptors (Lipinski definition) is 3. The van der Waals surface area contributed by atoms with Crippen molar-refractivity contribution in [3.05, 3.63) is 23.7 Å². The second-order valence-electron chi connectivity index (χ2n) is 3.47. The molecule has 0 radical (unpaired) electrons. The first-order valence-electron chi connectivity index (χ1n) is 4.98. The average molecular weight is 251 g/mol. The van der Waals surface area contributed by atoms with E-state index >= 15 is 0 Å². The highest BCUT2D eigenvalue weighted by Crippen LogP contribution is 2.20. The van der Waals surface area contributed by atoms with Crippen LogP contribution in [0.3, 0.4) is 0 Å². The van der Waals surface area contributed by atoms with Crippen molar-refractivity contribution >= 4 is 5.97 Å². The molecule has 0 aliphatic heterocycles. The molecule has 0 saturated carbocycles. The fourth-order valence-electron chi connectivity index (χ4n) is 1.21. The van der Waals surface area contributed by atoms with Crippen LogP contribution in [-0.4, -0.2) is 23.8 Å². The third-order valence-corrected chi connectivity index (χ3v) is 1.99. The predicted octanol–water partition coefficient (Wildman–Crippen LogP) is 2.41. The fraction of sp³-hybridized carbons (Fsp3) is 0.500. The summed E-state index contributed by atoms with van der Waals surface area (Å²) in [7, 11) is 0. The number of hydrogen-bond donors (Lipinski definition) is 2. The Hall–Kier alpha value is -1.50. The van der Waals surface area contributed by atoms with Gasteiger partial charge in [0.15, 0.2) is 0 Å². The molecule has 2 N–H and O–H groups in total. The van der Waals surface area contributed by atoms with Crippen molar-refractivity contribution in [2.24, 2.45) is 0 Å². The minimum absolute atomic E-state index is 0.0179. The molecule has 17 heavy (non-hydrogen) atoms. The molecule has 1 rings (SSSR count). The zero-order valence-electron chi connectivity index (χ0n) is 8.88. The SMILES string of the molecule is O=C(O)c1ccc(CNCCCC(F)(F)F)o1. The van der Waals surface area contributed by atoms with Gasteiger partial charge in [-0.3, -0.25) is 0 Å². The molecule has 7 heteroatoms. The first-order chi connectivity index (χ1) is 7.88. The summed E-state index contributed by atoms with van der Waals surface area (Å²) in [6.45, 7) is 0.410. The molecule has 0 spiro atoms. The molecule has 0 atom stereocenters. The number of rotatable bonds is 6. The Morgan fingerprint density at radius 2 is 2.12 bits per heavy atom. The summed E-state index contributed by atoms with van der Waals surface area (Å²) in [5.41, 5.74) is 0. The lowest BCUT2D eigenvalue weighted by molar-refractivity contribution is -0.135. The lowest BCUT2D eigenvalue weighted by atomic mass is 10.3. The summed E-state index contributed by atoms with van der Waals surface area (Å²) in [6.07, 6.45) is -4.99. The van der Waals surface area contributed by atoms with Crippen LogP contribution in [0.5, 0.6) is 0 Å². The van der Waals surface area contributed by atoms with Gasteiger partial charge in [0.05, 0.1) is 6.54 Å². The summed E-state index contributed by atoms with van der Waals surface area (Å²) >= 11 is 0. The van der Waals surface area contributed by atoms with Crippen LogP contribution in [0.25, 0.3) is 0 Å². The lowest BCUT2D eigenvalue weighted by Gasteiger charge is -2.06. The largest absolute Gasteiger partial charge is 0.475 e. The number of alkyl halides is 3. The van der Waals surface area contributed by atoms with Crippen molar-refractivity contribution in [1.29, 1.82) is 0 Å². The van der Waals surface area contributed by atoms with Crippen LogP contribution < -0.4 is 5.32 Å². The normalized spacial score (nSPS) is 11.7. The Morgan fingerprint density at radius 3 is 2.65 bits per heavy atom. The van der Waals surface area contributed by atoms with Crippen LogP contribution in [-0.2, 0) is 6.54 Å². The predicted molar refractivity (Wildman–Crippen MR) is 52.7 cm³/mol. The van der Waals surface area contributed by atoms with E-state index in [-0.39, 0.29) is 25.3 Å². The molecule has 0 aromatic carbocycles. The zero-order chi connectivity index (χ0) is 12.9. The van der Waals surface area contributed by atoms with Gasteiger partial charge in [0, 0.05) is 6.42 Å². The summed E-state index contributed by atoms with van der Waals surface area (Å²) in [6, 6.07) is 2.77. The molecule has 1 aromatic heterocycles. The smallest absolute Gasteiger partial charge is 0.389 e. The molecule has 0 amide bonds. The number of carboxylic acids is 1. The maximum absolute atomic E-state index is 11.8. The molecule has 96 valence electrons. The van der Waals surface area contributed by atoms with Gasteiger partial charge in [-0.1, -0.05) is 0 Å². The molecule has 0 saturated heterocycles. The number of aromatic carboxylic acids is 1. The minimum atomic E-state index is -4.14. The molecular weight excluding hydrogens is 239 g/mol. The second kappa shape index (κ2) is 5.72. The number of carbonyl (C=O) groups is 1. The van der Waals surface area contributed by atoms with Gasteiger partial charge in [0.2, 0.25) is 5.76 Å². The molecular formula is C10H12F3NO3. The van der Waals surface area contributed by atoms with Gasteiger partial charge in [0.1, 0.15) is 5.76 Å². The van der Waals surface area contributed by atoms with Crippen molar-refractivity contribution in [1.82, 2.24) is 5.32 Å². The van der Waals surface area contributed by atoms with E-state index in [1.807, 2.05) is 0 Å². The van der Waals surface area contributed by atoms with Crippen molar-refractivity contribution < 1.29 is 27.5 Å². The molecule has 0 unspecified atom stereocenters. The van der Waals surface area contributed by atoms with Gasteiger partial charge >= 0.3 is 12.1 Å². The fourth-order valence-corrected chi connectivity index (χ4v) is 1.21. The Morgan fingerprint density at radius 1 is 1.41 bits per heavy atom. The molecule has 1 heterocycles. The van der Waals surface area contributed by atoms with Crippen LogP contribution >= 0.6 is 0 Å². The monoisotopic (exact) mass is 251 g/mol. The van der Waals surface area contributed by atoms with Crippen LogP contribution in [0.2, 0.25) is 0 Å². The third-order valence-electron chi connectivity index (χ3n) is 1.99. The topological polar surface area (TPSA) is 62.5 Å². The molecule has 0 aliphatic carbocycles. The van der Waals surface area contributed by atoms with Crippen LogP contribution in [0.15, 0.2) is 16.5 Å². The highest BCUT2D eigenvalue weighted by atomic mass is 19.4. The van der Waals surface area contributed by atoms with Gasteiger partial charge in [-0.15, -0.1) is 0 Å². The van der Waals surface area contributed by atoms with Crippen molar-refractivity contribution in [3.8, 4) is 0 Å². The van der Waals surface area contributed by atoms with E-state index in [4.69, 9.17) is 9.52 Å². The van der Waals surface area contributed by atoms with Gasteiger partial charge in [-0.2, -0.15) is 13.2 Å². The van der Waals surface area contributed by atoms with Crippen LogP contribution in [0.4, 0.5) is 13.2 Å². The Balaban J connectivity index is 2.20. The highest BCUT2D eigenvalue weighted by Gasteiger charge is 2.25. The molecule has 0 bridgehead atoms. The van der Waals surface area contributed by atoms with E-state index in [1.54, 1.807) is 0 Å². The molecule has 4 nitrogen and oxygen atoms in total. The molecule has 0 fully saturated rings. The Kier molecular flexibility index (Phi) is 4.56.